The van der Waals surface area contributed by atoms with Crippen molar-refractivity contribution in [2.24, 2.45) is 0 Å². The van der Waals surface area contributed by atoms with Gasteiger partial charge in [0.15, 0.2) is 13.2 Å². The first-order valence-electron chi connectivity index (χ1n) is 9.18. The number of ether oxygens (including phenoxy) is 2. The number of carbonyl (C=O) groups excluding carboxylic acids is 2. The van der Waals surface area contributed by atoms with Crippen molar-refractivity contribution in [3.8, 4) is 11.8 Å². The van der Waals surface area contributed by atoms with E-state index in [-0.39, 0.29) is 6.61 Å². The zero-order valence-electron chi connectivity index (χ0n) is 16.0. The van der Waals surface area contributed by atoms with E-state index in [0.717, 1.165) is 47.3 Å². The van der Waals surface area contributed by atoms with Gasteiger partial charge < -0.3 is 14.8 Å². The van der Waals surface area contributed by atoms with Gasteiger partial charge in [0.2, 0.25) is 0 Å². The molecule has 1 amide bonds. The molecular formula is C21H22N2O4S. The summed E-state index contributed by atoms with van der Waals surface area (Å²) in [5.41, 5.74) is 3.79. The van der Waals surface area contributed by atoms with Gasteiger partial charge in [-0.3, -0.25) is 4.79 Å². The molecule has 1 aromatic carbocycles. The molecule has 1 aliphatic rings. The van der Waals surface area contributed by atoms with E-state index in [0.29, 0.717) is 16.3 Å². The fourth-order valence-corrected chi connectivity index (χ4v) is 4.32. The lowest BCUT2D eigenvalue weighted by Crippen LogP contribution is -2.23. The number of amides is 1. The third-order valence-electron chi connectivity index (χ3n) is 4.74. The number of nitrogens with zero attached hydrogens (tertiary/aromatic N) is 1. The number of rotatable bonds is 6. The predicted molar refractivity (Wildman–Crippen MR) is 107 cm³/mol. The summed E-state index contributed by atoms with van der Waals surface area (Å²) >= 11 is 1.44. The molecule has 146 valence electrons. The van der Waals surface area contributed by atoms with E-state index in [2.05, 4.69) is 11.4 Å². The maximum absolute atomic E-state index is 12.1. The van der Waals surface area contributed by atoms with Gasteiger partial charge in [-0.2, -0.15) is 5.26 Å². The van der Waals surface area contributed by atoms with E-state index in [1.807, 2.05) is 26.0 Å². The van der Waals surface area contributed by atoms with Crippen molar-refractivity contribution in [1.29, 1.82) is 5.26 Å². The number of esters is 1. The minimum absolute atomic E-state index is 0.271. The Morgan fingerprint density at radius 1 is 1.18 bits per heavy atom. The van der Waals surface area contributed by atoms with E-state index in [9.17, 15) is 14.9 Å². The summed E-state index contributed by atoms with van der Waals surface area (Å²) in [6, 6.07) is 7.73. The van der Waals surface area contributed by atoms with Crippen LogP contribution in [0.15, 0.2) is 18.2 Å². The standard InChI is InChI=1S/C21H22N2O4S/c1-13-7-8-15(9-14(13)2)26-12-20(25)27-11-19(24)23-21-17(10-22)16-5-3-4-6-18(16)28-21/h7-9H,3-6,11-12H2,1-2H3,(H,23,24). The van der Waals surface area contributed by atoms with Crippen molar-refractivity contribution < 1.29 is 19.1 Å². The molecule has 0 aliphatic heterocycles. The zero-order chi connectivity index (χ0) is 20.1. The average Bonchev–Trinajstić information content (AvgIpc) is 3.04. The van der Waals surface area contributed by atoms with E-state index in [4.69, 9.17) is 9.47 Å². The van der Waals surface area contributed by atoms with Crippen molar-refractivity contribution in [3.05, 3.63) is 45.3 Å². The van der Waals surface area contributed by atoms with Crippen LogP contribution >= 0.6 is 11.3 Å². The lowest BCUT2D eigenvalue weighted by atomic mass is 9.96. The number of nitrogens with one attached hydrogen (secondary N) is 1. The van der Waals surface area contributed by atoms with Crippen LogP contribution in [0.4, 0.5) is 5.00 Å². The third kappa shape index (κ3) is 4.70. The Hall–Kier alpha value is -2.85. The van der Waals surface area contributed by atoms with Crippen molar-refractivity contribution in [2.45, 2.75) is 39.5 Å². The second-order valence-corrected chi connectivity index (χ2v) is 7.88. The molecule has 1 aromatic heterocycles. The lowest BCUT2D eigenvalue weighted by Gasteiger charge is -2.09. The summed E-state index contributed by atoms with van der Waals surface area (Å²) < 4.78 is 10.4. The molecule has 0 spiro atoms. The van der Waals surface area contributed by atoms with Gasteiger partial charge in [-0.05, 0) is 68.4 Å². The highest BCUT2D eigenvalue weighted by molar-refractivity contribution is 7.16. The molecule has 3 rings (SSSR count). The first-order valence-corrected chi connectivity index (χ1v) is 9.99. The Kier molecular flexibility index (Phi) is 6.32. The molecule has 0 bridgehead atoms. The van der Waals surface area contributed by atoms with Crippen LogP contribution in [0.25, 0.3) is 0 Å². The molecular weight excluding hydrogens is 376 g/mol. The van der Waals surface area contributed by atoms with Gasteiger partial charge in [0.05, 0.1) is 5.56 Å². The molecule has 0 saturated carbocycles. The first-order chi connectivity index (χ1) is 13.5. The van der Waals surface area contributed by atoms with Gasteiger partial charge >= 0.3 is 5.97 Å². The summed E-state index contributed by atoms with van der Waals surface area (Å²) in [4.78, 5) is 25.1. The molecule has 0 saturated heterocycles. The van der Waals surface area contributed by atoms with E-state index < -0.39 is 18.5 Å². The van der Waals surface area contributed by atoms with Crippen molar-refractivity contribution in [2.75, 3.05) is 18.5 Å². The molecule has 0 radical (unpaired) electrons. The Morgan fingerprint density at radius 2 is 1.96 bits per heavy atom. The number of carbonyl (C=O) groups is 2. The number of anilines is 1. The molecule has 0 unspecified atom stereocenters. The number of hydrogen-bond acceptors (Lipinski definition) is 6. The van der Waals surface area contributed by atoms with E-state index in [1.165, 1.54) is 11.3 Å². The topological polar surface area (TPSA) is 88.4 Å². The molecule has 1 heterocycles. The molecule has 28 heavy (non-hydrogen) atoms. The highest BCUT2D eigenvalue weighted by Crippen LogP contribution is 2.37. The van der Waals surface area contributed by atoms with Crippen LogP contribution in [0, 0.1) is 25.2 Å². The highest BCUT2D eigenvalue weighted by atomic mass is 32.1. The smallest absolute Gasteiger partial charge is 0.344 e. The maximum atomic E-state index is 12.1. The zero-order valence-corrected chi connectivity index (χ0v) is 16.8. The van der Waals surface area contributed by atoms with Crippen LogP contribution in [0.2, 0.25) is 0 Å². The van der Waals surface area contributed by atoms with Crippen molar-refractivity contribution in [3.63, 3.8) is 0 Å². The van der Waals surface area contributed by atoms with Crippen LogP contribution in [0.1, 0.15) is 40.0 Å². The van der Waals surface area contributed by atoms with Gasteiger partial charge in [0.25, 0.3) is 5.91 Å². The number of thiophene rings is 1. The van der Waals surface area contributed by atoms with Gasteiger partial charge in [-0.25, -0.2) is 4.79 Å². The van der Waals surface area contributed by atoms with E-state index >= 15 is 0 Å². The first kappa shape index (κ1) is 19.9. The monoisotopic (exact) mass is 398 g/mol. The Morgan fingerprint density at radius 3 is 2.71 bits per heavy atom. The number of nitriles is 1. The Labute approximate surface area is 168 Å². The average molecular weight is 398 g/mol. The second kappa shape index (κ2) is 8.89. The Bertz CT molecular complexity index is 943. The summed E-state index contributed by atoms with van der Waals surface area (Å²) in [5.74, 6) is -0.513. The number of aryl methyl sites for hydroxylation is 3. The third-order valence-corrected chi connectivity index (χ3v) is 5.94. The normalized spacial score (nSPS) is 12.6. The predicted octanol–water partition coefficient (Wildman–Crippen LogP) is 3.68. The number of hydrogen-bond donors (Lipinski definition) is 1. The number of benzene rings is 1. The maximum Gasteiger partial charge on any atom is 0.344 e. The van der Waals surface area contributed by atoms with Crippen LogP contribution in [-0.4, -0.2) is 25.1 Å². The molecule has 6 nitrogen and oxygen atoms in total. The van der Waals surface area contributed by atoms with Crippen LogP contribution < -0.4 is 10.1 Å². The SMILES string of the molecule is Cc1ccc(OCC(=O)OCC(=O)Nc2sc3c(c2C#N)CCCC3)cc1C. The minimum atomic E-state index is -0.626. The Balaban J connectivity index is 1.49. The summed E-state index contributed by atoms with van der Waals surface area (Å²) in [5, 5.41) is 12.7. The molecule has 0 fully saturated rings. The second-order valence-electron chi connectivity index (χ2n) is 6.77. The molecule has 0 atom stereocenters. The van der Waals surface area contributed by atoms with Crippen LogP contribution in [0.5, 0.6) is 5.75 Å². The quantitative estimate of drug-likeness (QED) is 0.750. The molecule has 1 N–H and O–H groups in total. The number of fused-ring (bicyclic) bond motifs is 1. The van der Waals surface area contributed by atoms with Gasteiger partial charge in [0, 0.05) is 4.88 Å². The minimum Gasteiger partial charge on any atom is -0.482 e. The summed E-state index contributed by atoms with van der Waals surface area (Å²) in [6.07, 6.45) is 3.97. The van der Waals surface area contributed by atoms with Crippen LogP contribution in [0.3, 0.4) is 0 Å². The fraction of sp³-hybridized carbons (Fsp3) is 0.381. The largest absolute Gasteiger partial charge is 0.482 e. The molecule has 2 aromatic rings. The highest BCUT2D eigenvalue weighted by Gasteiger charge is 2.22. The van der Waals surface area contributed by atoms with Gasteiger partial charge in [-0.1, -0.05) is 6.07 Å². The van der Waals surface area contributed by atoms with Gasteiger partial charge in [-0.15, -0.1) is 11.3 Å². The van der Waals surface area contributed by atoms with E-state index in [1.54, 1.807) is 6.07 Å². The molecule has 7 heteroatoms. The van der Waals surface area contributed by atoms with Crippen molar-refractivity contribution in [1.82, 2.24) is 0 Å². The molecule has 1 aliphatic carbocycles. The van der Waals surface area contributed by atoms with Crippen LogP contribution in [-0.2, 0) is 27.2 Å². The summed E-state index contributed by atoms with van der Waals surface area (Å²) in [7, 11) is 0. The van der Waals surface area contributed by atoms with Gasteiger partial charge in [0.1, 0.15) is 16.8 Å². The fourth-order valence-electron chi connectivity index (χ4n) is 3.07. The van der Waals surface area contributed by atoms with Crippen molar-refractivity contribution >= 4 is 28.2 Å². The lowest BCUT2D eigenvalue weighted by molar-refractivity contribution is -0.149. The summed E-state index contributed by atoms with van der Waals surface area (Å²) in [6.45, 7) is 3.27.